The topological polar surface area (TPSA) is 93.4 Å². The predicted octanol–water partition coefficient (Wildman–Crippen LogP) is -0.589. The van der Waals surface area contributed by atoms with Crippen molar-refractivity contribution in [2.24, 2.45) is 5.73 Å². The Balaban J connectivity index is 2.02. The van der Waals surface area contributed by atoms with Crippen molar-refractivity contribution in [3.05, 3.63) is 29.6 Å². The molecular formula is C11H15N3O3S. The van der Waals surface area contributed by atoms with E-state index in [1.165, 1.54) is 0 Å². The molecule has 0 radical (unpaired) electrons. The van der Waals surface area contributed by atoms with Crippen molar-refractivity contribution >= 4 is 15.7 Å². The lowest BCUT2D eigenvalue weighted by Gasteiger charge is -2.26. The zero-order valence-corrected chi connectivity index (χ0v) is 10.7. The van der Waals surface area contributed by atoms with Gasteiger partial charge in [0.1, 0.15) is 5.69 Å². The highest BCUT2D eigenvalue weighted by atomic mass is 32.2. The molecule has 1 aromatic heterocycles. The number of carbonyl (C=O) groups is 1. The normalized spacial score (nSPS) is 19.6. The van der Waals surface area contributed by atoms with E-state index in [2.05, 4.69) is 4.98 Å². The van der Waals surface area contributed by atoms with Gasteiger partial charge in [-0.15, -0.1) is 0 Å². The maximum absolute atomic E-state index is 11.3. The number of amides is 1. The van der Waals surface area contributed by atoms with Crippen LogP contribution in [0, 0.1) is 0 Å². The second kappa shape index (κ2) is 5.03. The third-order valence-corrected chi connectivity index (χ3v) is 4.49. The lowest BCUT2D eigenvalue weighted by atomic mass is 10.2. The number of pyridine rings is 1. The molecule has 6 nitrogen and oxygen atoms in total. The molecule has 1 aliphatic rings. The third-order valence-electron chi connectivity index (χ3n) is 2.88. The Kier molecular flexibility index (Phi) is 3.63. The van der Waals surface area contributed by atoms with Crippen LogP contribution in [-0.2, 0) is 16.4 Å². The minimum absolute atomic E-state index is 0.183. The van der Waals surface area contributed by atoms with E-state index in [4.69, 9.17) is 5.73 Å². The van der Waals surface area contributed by atoms with Crippen LogP contribution >= 0.6 is 0 Å². The van der Waals surface area contributed by atoms with Gasteiger partial charge in [-0.3, -0.25) is 9.69 Å². The summed E-state index contributed by atoms with van der Waals surface area (Å²) in [7, 11) is -2.87. The lowest BCUT2D eigenvalue weighted by Crippen LogP contribution is -2.39. The molecule has 1 amide bonds. The number of nitrogens with two attached hydrogens (primary N) is 1. The Labute approximate surface area is 106 Å². The van der Waals surface area contributed by atoms with Crippen LogP contribution in [0.4, 0.5) is 0 Å². The Morgan fingerprint density at radius 2 is 2.00 bits per heavy atom. The fraction of sp³-hybridized carbons (Fsp3) is 0.455. The van der Waals surface area contributed by atoms with Gasteiger partial charge in [0.15, 0.2) is 9.84 Å². The van der Waals surface area contributed by atoms with E-state index >= 15 is 0 Å². The number of carbonyl (C=O) groups excluding carboxylic acids is 1. The maximum atomic E-state index is 11.3. The van der Waals surface area contributed by atoms with E-state index in [-0.39, 0.29) is 17.2 Å². The monoisotopic (exact) mass is 269 g/mol. The van der Waals surface area contributed by atoms with Gasteiger partial charge in [-0.1, -0.05) is 6.07 Å². The minimum Gasteiger partial charge on any atom is -0.364 e. The van der Waals surface area contributed by atoms with Crippen molar-refractivity contribution < 1.29 is 13.2 Å². The number of sulfone groups is 1. The van der Waals surface area contributed by atoms with Gasteiger partial charge < -0.3 is 5.73 Å². The SMILES string of the molecule is NC(=O)c1cccc(CN2CCS(=O)(=O)CC2)n1. The van der Waals surface area contributed by atoms with E-state index in [0.29, 0.717) is 19.6 Å². The Morgan fingerprint density at radius 1 is 1.33 bits per heavy atom. The quantitative estimate of drug-likeness (QED) is 0.791. The molecule has 7 heteroatoms. The molecule has 1 saturated heterocycles. The molecule has 2 heterocycles. The highest BCUT2D eigenvalue weighted by molar-refractivity contribution is 7.91. The van der Waals surface area contributed by atoms with Gasteiger partial charge in [0.05, 0.1) is 17.2 Å². The number of primary amides is 1. The van der Waals surface area contributed by atoms with E-state index in [0.717, 1.165) is 5.69 Å². The summed E-state index contributed by atoms with van der Waals surface area (Å²) in [6.07, 6.45) is 0. The molecule has 2 rings (SSSR count). The molecule has 0 bridgehead atoms. The van der Waals surface area contributed by atoms with E-state index in [1.54, 1.807) is 18.2 Å². The standard InChI is InChI=1S/C11H15N3O3S/c12-11(15)10-3-1-2-9(13-10)8-14-4-6-18(16,17)7-5-14/h1-3H,4-8H2,(H2,12,15). The first-order valence-corrected chi connectivity index (χ1v) is 7.47. The van der Waals surface area contributed by atoms with Crippen molar-refractivity contribution in [3.63, 3.8) is 0 Å². The molecule has 0 aliphatic carbocycles. The molecule has 0 spiro atoms. The van der Waals surface area contributed by atoms with Gasteiger partial charge >= 0.3 is 0 Å². The van der Waals surface area contributed by atoms with Crippen LogP contribution in [-0.4, -0.2) is 48.8 Å². The molecule has 1 aromatic rings. The number of hydrogen-bond acceptors (Lipinski definition) is 5. The lowest BCUT2D eigenvalue weighted by molar-refractivity contribution is 0.0995. The van der Waals surface area contributed by atoms with Gasteiger partial charge in [0.2, 0.25) is 0 Å². The summed E-state index contributed by atoms with van der Waals surface area (Å²) in [5.41, 5.74) is 6.12. The van der Waals surface area contributed by atoms with Crippen molar-refractivity contribution in [2.45, 2.75) is 6.54 Å². The van der Waals surface area contributed by atoms with Gasteiger partial charge in [-0.2, -0.15) is 0 Å². The molecule has 98 valence electrons. The summed E-state index contributed by atoms with van der Waals surface area (Å²) < 4.78 is 22.6. The zero-order chi connectivity index (χ0) is 13.2. The second-order valence-corrected chi connectivity index (χ2v) is 6.61. The Bertz CT molecular complexity index is 542. The fourth-order valence-electron chi connectivity index (χ4n) is 1.84. The van der Waals surface area contributed by atoms with Crippen molar-refractivity contribution in [2.75, 3.05) is 24.6 Å². The van der Waals surface area contributed by atoms with Gasteiger partial charge in [-0.25, -0.2) is 13.4 Å². The zero-order valence-electron chi connectivity index (χ0n) is 9.87. The second-order valence-electron chi connectivity index (χ2n) is 4.31. The van der Waals surface area contributed by atoms with Gasteiger partial charge in [0, 0.05) is 19.6 Å². The highest BCUT2D eigenvalue weighted by Crippen LogP contribution is 2.08. The third kappa shape index (κ3) is 3.27. The molecule has 18 heavy (non-hydrogen) atoms. The number of nitrogens with zero attached hydrogens (tertiary/aromatic N) is 2. The molecule has 0 atom stereocenters. The maximum Gasteiger partial charge on any atom is 0.267 e. The summed E-state index contributed by atoms with van der Waals surface area (Å²) in [5, 5.41) is 0. The van der Waals surface area contributed by atoms with Crippen LogP contribution < -0.4 is 5.73 Å². The Hall–Kier alpha value is -1.47. The Morgan fingerprint density at radius 3 is 2.61 bits per heavy atom. The van der Waals surface area contributed by atoms with E-state index in [1.807, 2.05) is 4.90 Å². The minimum atomic E-state index is -2.87. The fourth-order valence-corrected chi connectivity index (χ4v) is 3.12. The van der Waals surface area contributed by atoms with E-state index in [9.17, 15) is 13.2 Å². The van der Waals surface area contributed by atoms with Gasteiger partial charge in [0.25, 0.3) is 5.91 Å². The van der Waals surface area contributed by atoms with E-state index < -0.39 is 15.7 Å². The van der Waals surface area contributed by atoms with Crippen LogP contribution in [0.25, 0.3) is 0 Å². The smallest absolute Gasteiger partial charge is 0.267 e. The molecule has 0 saturated carbocycles. The molecule has 0 aromatic carbocycles. The van der Waals surface area contributed by atoms with Crippen LogP contribution in [0.2, 0.25) is 0 Å². The summed E-state index contributed by atoms with van der Waals surface area (Å²) in [4.78, 5) is 17.1. The van der Waals surface area contributed by atoms with Crippen LogP contribution in [0.1, 0.15) is 16.2 Å². The molecule has 1 fully saturated rings. The molecule has 0 unspecified atom stereocenters. The summed E-state index contributed by atoms with van der Waals surface area (Å²) in [6, 6.07) is 5.09. The predicted molar refractivity (Wildman–Crippen MR) is 66.7 cm³/mol. The number of hydrogen-bond donors (Lipinski definition) is 1. The summed E-state index contributed by atoms with van der Waals surface area (Å²) >= 11 is 0. The first kappa shape index (κ1) is 13.0. The van der Waals surface area contributed by atoms with Crippen molar-refractivity contribution in [1.82, 2.24) is 9.88 Å². The van der Waals surface area contributed by atoms with Crippen LogP contribution in [0.15, 0.2) is 18.2 Å². The average molecular weight is 269 g/mol. The first-order valence-electron chi connectivity index (χ1n) is 5.65. The molecule has 2 N–H and O–H groups in total. The molecule has 1 aliphatic heterocycles. The highest BCUT2D eigenvalue weighted by Gasteiger charge is 2.21. The van der Waals surface area contributed by atoms with Crippen molar-refractivity contribution in [1.29, 1.82) is 0 Å². The van der Waals surface area contributed by atoms with Crippen LogP contribution in [0.5, 0.6) is 0 Å². The average Bonchev–Trinajstić information content (AvgIpc) is 2.32. The first-order chi connectivity index (χ1) is 8.46. The van der Waals surface area contributed by atoms with Crippen molar-refractivity contribution in [3.8, 4) is 0 Å². The molecular weight excluding hydrogens is 254 g/mol. The van der Waals surface area contributed by atoms with Gasteiger partial charge in [-0.05, 0) is 12.1 Å². The number of aromatic nitrogens is 1. The summed E-state index contributed by atoms with van der Waals surface area (Å²) in [6.45, 7) is 1.55. The summed E-state index contributed by atoms with van der Waals surface area (Å²) in [5.74, 6) is -0.191. The largest absolute Gasteiger partial charge is 0.364 e. The number of rotatable bonds is 3. The van der Waals surface area contributed by atoms with Crippen LogP contribution in [0.3, 0.4) is 0 Å².